The number of hydrogen-bond donors (Lipinski definition) is 2. The second-order valence-electron chi connectivity index (χ2n) is 2.67. The normalized spacial score (nSPS) is 14.4. The Morgan fingerprint density at radius 2 is 2.33 bits per heavy atom. The summed E-state index contributed by atoms with van der Waals surface area (Å²) in [5, 5.41) is 8.47. The fourth-order valence-electron chi connectivity index (χ4n) is 0.697. The first-order chi connectivity index (χ1) is 5.57. The van der Waals surface area contributed by atoms with Crippen LogP contribution in [0.25, 0.3) is 0 Å². The number of nitrogens with two attached hydrogens (primary N) is 1. The molecule has 0 aromatic heterocycles. The van der Waals surface area contributed by atoms with Gasteiger partial charge >= 0.3 is 5.97 Å². The lowest BCUT2D eigenvalue weighted by Crippen LogP contribution is -2.08. The first-order valence-corrected chi connectivity index (χ1v) is 3.85. The molecule has 4 heteroatoms. The molecule has 0 radical (unpaired) electrons. The average Bonchev–Trinajstić information content (AvgIpc) is 2.03. The minimum Gasteiger partial charge on any atom is -0.481 e. The van der Waals surface area contributed by atoms with Crippen LogP contribution in [0.4, 0.5) is 4.39 Å². The summed E-state index contributed by atoms with van der Waals surface area (Å²) in [5.74, 6) is -1.66. The van der Waals surface area contributed by atoms with Gasteiger partial charge in [0.25, 0.3) is 0 Å². The molecule has 0 fully saturated rings. The Bertz CT molecular complexity index is 180. The zero-order valence-corrected chi connectivity index (χ0v) is 7.09. The van der Waals surface area contributed by atoms with Crippen LogP contribution in [0.15, 0.2) is 11.9 Å². The van der Waals surface area contributed by atoms with E-state index in [0.29, 0.717) is 12.8 Å². The number of aliphatic carboxylic acids is 1. The van der Waals surface area contributed by atoms with Crippen LogP contribution >= 0.6 is 0 Å². The van der Waals surface area contributed by atoms with E-state index in [9.17, 15) is 9.18 Å². The van der Waals surface area contributed by atoms with Crippen LogP contribution in [0.2, 0.25) is 0 Å². The van der Waals surface area contributed by atoms with Crippen LogP contribution in [0, 0.1) is 5.92 Å². The number of halogens is 1. The summed E-state index contributed by atoms with van der Waals surface area (Å²) in [4.78, 5) is 10.3. The van der Waals surface area contributed by atoms with Crippen molar-refractivity contribution in [2.75, 3.05) is 6.54 Å². The predicted molar refractivity (Wildman–Crippen MR) is 44.3 cm³/mol. The molecule has 12 heavy (non-hydrogen) atoms. The van der Waals surface area contributed by atoms with Gasteiger partial charge < -0.3 is 10.8 Å². The Hall–Kier alpha value is -0.900. The quantitative estimate of drug-likeness (QED) is 0.662. The maximum Gasteiger partial charge on any atom is 0.306 e. The van der Waals surface area contributed by atoms with Crippen LogP contribution in [0.3, 0.4) is 0 Å². The van der Waals surface area contributed by atoms with Crippen molar-refractivity contribution >= 4 is 5.97 Å². The molecule has 0 rings (SSSR count). The van der Waals surface area contributed by atoms with Gasteiger partial charge in [-0.05, 0) is 12.8 Å². The Morgan fingerprint density at radius 1 is 1.75 bits per heavy atom. The van der Waals surface area contributed by atoms with Gasteiger partial charge in [-0.15, -0.1) is 0 Å². The number of hydrogen-bond acceptors (Lipinski definition) is 2. The van der Waals surface area contributed by atoms with Crippen LogP contribution in [-0.4, -0.2) is 17.6 Å². The Kier molecular flexibility index (Phi) is 5.28. The molecule has 0 saturated carbocycles. The Labute approximate surface area is 71.1 Å². The summed E-state index contributed by atoms with van der Waals surface area (Å²) in [6.45, 7) is 1.48. The van der Waals surface area contributed by atoms with E-state index in [1.54, 1.807) is 6.92 Å². The number of rotatable bonds is 5. The van der Waals surface area contributed by atoms with E-state index in [1.165, 1.54) is 6.08 Å². The smallest absolute Gasteiger partial charge is 0.306 e. The standard InChI is InChI=1S/C8H14FNO2/c1-6(8(11)12)3-2-4-7(9)5-10/h4,6H,2-3,5,10H2,1H3,(H,11,12). The third-order valence-electron chi connectivity index (χ3n) is 1.58. The second-order valence-corrected chi connectivity index (χ2v) is 2.67. The van der Waals surface area contributed by atoms with Crippen molar-refractivity contribution in [3.8, 4) is 0 Å². The van der Waals surface area contributed by atoms with Crippen LogP contribution in [0.5, 0.6) is 0 Å². The SMILES string of the molecule is CC(CCC=C(F)CN)C(=O)O. The van der Waals surface area contributed by atoms with Gasteiger partial charge in [-0.3, -0.25) is 4.79 Å². The highest BCUT2D eigenvalue weighted by molar-refractivity contribution is 5.69. The van der Waals surface area contributed by atoms with Crippen molar-refractivity contribution < 1.29 is 14.3 Å². The van der Waals surface area contributed by atoms with Crippen molar-refractivity contribution in [1.82, 2.24) is 0 Å². The molecule has 0 amide bonds. The van der Waals surface area contributed by atoms with Gasteiger partial charge in [-0.2, -0.15) is 0 Å². The van der Waals surface area contributed by atoms with E-state index in [-0.39, 0.29) is 12.4 Å². The van der Waals surface area contributed by atoms with Gasteiger partial charge in [0, 0.05) is 6.54 Å². The molecule has 70 valence electrons. The highest BCUT2D eigenvalue weighted by Crippen LogP contribution is 2.07. The lowest BCUT2D eigenvalue weighted by molar-refractivity contribution is -0.141. The van der Waals surface area contributed by atoms with Crippen molar-refractivity contribution in [3.05, 3.63) is 11.9 Å². The summed E-state index contributed by atoms with van der Waals surface area (Å²) in [5.41, 5.74) is 4.99. The van der Waals surface area contributed by atoms with Gasteiger partial charge in [0.15, 0.2) is 0 Å². The fraction of sp³-hybridized carbons (Fsp3) is 0.625. The predicted octanol–water partition coefficient (Wildman–Crippen LogP) is 1.30. The molecule has 0 aliphatic rings. The highest BCUT2D eigenvalue weighted by atomic mass is 19.1. The van der Waals surface area contributed by atoms with Crippen molar-refractivity contribution in [2.24, 2.45) is 11.7 Å². The maximum atomic E-state index is 12.4. The van der Waals surface area contributed by atoms with Crippen molar-refractivity contribution in [2.45, 2.75) is 19.8 Å². The minimum atomic E-state index is -0.850. The monoisotopic (exact) mass is 175 g/mol. The summed E-state index contributed by atoms with van der Waals surface area (Å²) in [6, 6.07) is 0. The number of allylic oxidation sites excluding steroid dienone is 1. The lowest BCUT2D eigenvalue weighted by Gasteiger charge is -2.01. The fourth-order valence-corrected chi connectivity index (χ4v) is 0.697. The van der Waals surface area contributed by atoms with Gasteiger partial charge in [0.1, 0.15) is 5.83 Å². The molecule has 1 atom stereocenters. The van der Waals surface area contributed by atoms with Crippen molar-refractivity contribution in [3.63, 3.8) is 0 Å². The third kappa shape index (κ3) is 4.85. The lowest BCUT2D eigenvalue weighted by atomic mass is 10.1. The molecular formula is C8H14FNO2. The Morgan fingerprint density at radius 3 is 2.75 bits per heavy atom. The van der Waals surface area contributed by atoms with Crippen LogP contribution < -0.4 is 5.73 Å². The zero-order valence-electron chi connectivity index (χ0n) is 7.09. The number of carboxylic acids is 1. The van der Waals surface area contributed by atoms with E-state index in [4.69, 9.17) is 10.8 Å². The molecule has 0 bridgehead atoms. The molecule has 0 spiro atoms. The van der Waals surface area contributed by atoms with E-state index < -0.39 is 11.9 Å². The average molecular weight is 175 g/mol. The highest BCUT2D eigenvalue weighted by Gasteiger charge is 2.08. The summed E-state index contributed by atoms with van der Waals surface area (Å²) in [6.07, 6.45) is 2.21. The van der Waals surface area contributed by atoms with E-state index in [0.717, 1.165) is 0 Å². The molecule has 0 aromatic rings. The number of carboxylic acid groups (broad SMARTS) is 1. The van der Waals surface area contributed by atoms with Gasteiger partial charge in [0.05, 0.1) is 5.92 Å². The molecule has 0 aromatic carbocycles. The van der Waals surface area contributed by atoms with E-state index >= 15 is 0 Å². The van der Waals surface area contributed by atoms with Gasteiger partial charge in [-0.1, -0.05) is 13.0 Å². The first kappa shape index (κ1) is 11.1. The van der Waals surface area contributed by atoms with Gasteiger partial charge in [-0.25, -0.2) is 4.39 Å². The molecule has 1 unspecified atom stereocenters. The topological polar surface area (TPSA) is 63.3 Å². The molecule has 3 N–H and O–H groups in total. The molecular weight excluding hydrogens is 161 g/mol. The summed E-state index contributed by atoms with van der Waals surface area (Å²) in [7, 11) is 0. The third-order valence-corrected chi connectivity index (χ3v) is 1.58. The van der Waals surface area contributed by atoms with Crippen molar-refractivity contribution in [1.29, 1.82) is 0 Å². The first-order valence-electron chi connectivity index (χ1n) is 3.85. The Balaban J connectivity index is 3.62. The van der Waals surface area contributed by atoms with Gasteiger partial charge in [0.2, 0.25) is 0 Å². The summed E-state index contributed by atoms with van der Waals surface area (Å²) < 4.78 is 12.4. The zero-order chi connectivity index (χ0) is 9.56. The second kappa shape index (κ2) is 5.71. The largest absolute Gasteiger partial charge is 0.481 e. The number of carbonyl (C=O) groups is 1. The van der Waals surface area contributed by atoms with Crippen LogP contribution in [0.1, 0.15) is 19.8 Å². The van der Waals surface area contributed by atoms with E-state index in [1.807, 2.05) is 0 Å². The molecule has 0 aliphatic carbocycles. The summed E-state index contributed by atoms with van der Waals surface area (Å²) >= 11 is 0. The molecule has 0 saturated heterocycles. The molecule has 0 heterocycles. The minimum absolute atomic E-state index is 0.110. The maximum absolute atomic E-state index is 12.4. The van der Waals surface area contributed by atoms with Crippen LogP contribution in [-0.2, 0) is 4.79 Å². The molecule has 0 aliphatic heterocycles. The molecule has 3 nitrogen and oxygen atoms in total. The van der Waals surface area contributed by atoms with E-state index in [2.05, 4.69) is 0 Å².